The predicted molar refractivity (Wildman–Crippen MR) is 94.4 cm³/mol. The Balaban J connectivity index is 1.52. The summed E-state index contributed by atoms with van der Waals surface area (Å²) in [6.07, 6.45) is 2.84. The van der Waals surface area contributed by atoms with Gasteiger partial charge in [-0.15, -0.1) is 0 Å². The molecule has 6 heteroatoms. The van der Waals surface area contributed by atoms with E-state index in [1.165, 1.54) is 0 Å². The van der Waals surface area contributed by atoms with E-state index in [0.717, 1.165) is 55.3 Å². The number of nitrogens with one attached hydrogen (secondary N) is 1. The molecule has 118 valence electrons. The zero-order valence-electron chi connectivity index (χ0n) is 12.7. The summed E-state index contributed by atoms with van der Waals surface area (Å²) in [5.74, 6) is 0.959. The zero-order valence-corrected chi connectivity index (χ0v) is 13.5. The average molecular weight is 328 g/mol. The van der Waals surface area contributed by atoms with Crippen molar-refractivity contribution in [3.8, 4) is 0 Å². The molecule has 0 atom stereocenters. The number of nitrogens with zero attached hydrogens (tertiary/aromatic N) is 4. The summed E-state index contributed by atoms with van der Waals surface area (Å²) in [7, 11) is 0. The molecular weight excluding hydrogens is 310 g/mol. The maximum absolute atomic E-state index is 6.01. The second kappa shape index (κ2) is 6.08. The first-order valence-electron chi connectivity index (χ1n) is 7.86. The maximum Gasteiger partial charge on any atom is 0.203 e. The molecule has 3 heterocycles. The number of rotatable bonds is 2. The van der Waals surface area contributed by atoms with Crippen molar-refractivity contribution in [2.24, 2.45) is 0 Å². The predicted octanol–water partition coefficient (Wildman–Crippen LogP) is 3.33. The summed E-state index contributed by atoms with van der Waals surface area (Å²) in [4.78, 5) is 16.9. The number of hydrogen-bond acceptors (Lipinski definition) is 4. The lowest BCUT2D eigenvalue weighted by Crippen LogP contribution is -2.31. The molecule has 5 nitrogen and oxygen atoms in total. The van der Waals surface area contributed by atoms with Crippen LogP contribution in [0.15, 0.2) is 42.6 Å². The smallest absolute Gasteiger partial charge is 0.203 e. The molecule has 1 N–H and O–H groups in total. The molecule has 23 heavy (non-hydrogen) atoms. The van der Waals surface area contributed by atoms with Gasteiger partial charge in [0.15, 0.2) is 0 Å². The Labute approximate surface area is 139 Å². The summed E-state index contributed by atoms with van der Waals surface area (Å²) < 4.78 is 0. The Morgan fingerprint density at radius 3 is 2.70 bits per heavy atom. The lowest BCUT2D eigenvalue weighted by molar-refractivity contribution is 0.791. The fourth-order valence-corrected chi connectivity index (χ4v) is 3.23. The van der Waals surface area contributed by atoms with Crippen LogP contribution in [0, 0.1) is 0 Å². The molecule has 0 radical (unpaired) electrons. The van der Waals surface area contributed by atoms with Gasteiger partial charge < -0.3 is 14.8 Å². The molecule has 0 spiro atoms. The van der Waals surface area contributed by atoms with Gasteiger partial charge in [-0.1, -0.05) is 23.7 Å². The van der Waals surface area contributed by atoms with Crippen LogP contribution in [0.25, 0.3) is 11.0 Å². The van der Waals surface area contributed by atoms with Crippen molar-refractivity contribution in [2.75, 3.05) is 36.0 Å². The molecule has 0 amide bonds. The Morgan fingerprint density at radius 1 is 1.00 bits per heavy atom. The molecule has 1 saturated heterocycles. The van der Waals surface area contributed by atoms with Crippen LogP contribution in [0.3, 0.4) is 0 Å². The van der Waals surface area contributed by atoms with E-state index in [1.807, 2.05) is 30.3 Å². The largest absolute Gasteiger partial charge is 0.370 e. The summed E-state index contributed by atoms with van der Waals surface area (Å²) in [6.45, 7) is 3.88. The van der Waals surface area contributed by atoms with E-state index in [2.05, 4.69) is 25.8 Å². The van der Waals surface area contributed by atoms with Crippen molar-refractivity contribution in [1.82, 2.24) is 15.0 Å². The number of anilines is 2. The standard InChI is InChI=1S/C17H18ClN5/c18-16-12-13(6-7-19-16)22-8-3-9-23(11-10-22)17-20-14-4-1-2-5-15(14)21-17/h1-2,4-7,12H,3,8-11H2,(H,20,21). The van der Waals surface area contributed by atoms with E-state index in [9.17, 15) is 0 Å². The minimum absolute atomic E-state index is 0.542. The normalized spacial score (nSPS) is 15.9. The molecule has 1 aromatic carbocycles. The minimum atomic E-state index is 0.542. The number of H-pyrrole nitrogens is 1. The molecule has 2 aromatic heterocycles. The summed E-state index contributed by atoms with van der Waals surface area (Å²) in [5.41, 5.74) is 3.24. The highest BCUT2D eigenvalue weighted by Gasteiger charge is 2.18. The number of para-hydroxylation sites is 2. The number of imidazole rings is 1. The third-order valence-electron chi connectivity index (χ3n) is 4.25. The minimum Gasteiger partial charge on any atom is -0.370 e. The van der Waals surface area contributed by atoms with Crippen LogP contribution in [0.4, 0.5) is 11.6 Å². The van der Waals surface area contributed by atoms with Gasteiger partial charge in [0.1, 0.15) is 5.15 Å². The third kappa shape index (κ3) is 2.97. The molecule has 0 unspecified atom stereocenters. The lowest BCUT2D eigenvalue weighted by Gasteiger charge is -2.23. The van der Waals surface area contributed by atoms with E-state index in [-0.39, 0.29) is 0 Å². The van der Waals surface area contributed by atoms with Gasteiger partial charge >= 0.3 is 0 Å². The van der Waals surface area contributed by atoms with Crippen molar-refractivity contribution >= 4 is 34.3 Å². The number of halogens is 1. The van der Waals surface area contributed by atoms with Gasteiger partial charge in [0.25, 0.3) is 0 Å². The van der Waals surface area contributed by atoms with Gasteiger partial charge in [-0.05, 0) is 30.7 Å². The monoisotopic (exact) mass is 327 g/mol. The first-order valence-corrected chi connectivity index (χ1v) is 8.23. The number of aromatic amines is 1. The van der Waals surface area contributed by atoms with E-state index in [0.29, 0.717) is 5.15 Å². The van der Waals surface area contributed by atoms with Crippen molar-refractivity contribution in [2.45, 2.75) is 6.42 Å². The lowest BCUT2D eigenvalue weighted by atomic mass is 10.3. The highest BCUT2D eigenvalue weighted by molar-refractivity contribution is 6.29. The van der Waals surface area contributed by atoms with E-state index < -0.39 is 0 Å². The Hall–Kier alpha value is -2.27. The van der Waals surface area contributed by atoms with E-state index >= 15 is 0 Å². The van der Waals surface area contributed by atoms with Crippen LogP contribution in [0.5, 0.6) is 0 Å². The molecular formula is C17H18ClN5. The molecule has 4 rings (SSSR count). The van der Waals surface area contributed by atoms with Crippen molar-refractivity contribution in [3.63, 3.8) is 0 Å². The number of benzene rings is 1. The van der Waals surface area contributed by atoms with Gasteiger partial charge in [-0.2, -0.15) is 0 Å². The molecule has 0 aliphatic carbocycles. The summed E-state index contributed by atoms with van der Waals surface area (Å²) in [6, 6.07) is 12.1. The first-order chi connectivity index (χ1) is 11.3. The quantitative estimate of drug-likeness (QED) is 0.733. The van der Waals surface area contributed by atoms with Crippen molar-refractivity contribution < 1.29 is 0 Å². The van der Waals surface area contributed by atoms with Gasteiger partial charge in [0.2, 0.25) is 5.95 Å². The van der Waals surface area contributed by atoms with E-state index in [1.54, 1.807) is 6.20 Å². The average Bonchev–Trinajstić information content (AvgIpc) is 2.84. The van der Waals surface area contributed by atoms with Crippen LogP contribution in [0.1, 0.15) is 6.42 Å². The van der Waals surface area contributed by atoms with Gasteiger partial charge in [0.05, 0.1) is 11.0 Å². The molecule has 3 aromatic rings. The number of pyridine rings is 1. The van der Waals surface area contributed by atoms with Crippen LogP contribution in [-0.2, 0) is 0 Å². The molecule has 1 aliphatic rings. The van der Waals surface area contributed by atoms with Crippen LogP contribution in [0.2, 0.25) is 5.15 Å². The Kier molecular flexibility index (Phi) is 3.79. The molecule has 1 fully saturated rings. The summed E-state index contributed by atoms with van der Waals surface area (Å²) >= 11 is 6.01. The zero-order chi connectivity index (χ0) is 15.6. The fraction of sp³-hybridized carbons (Fsp3) is 0.294. The number of hydrogen-bond donors (Lipinski definition) is 1. The molecule has 0 bridgehead atoms. The van der Waals surface area contributed by atoms with Crippen molar-refractivity contribution in [3.05, 3.63) is 47.7 Å². The fourth-order valence-electron chi connectivity index (χ4n) is 3.07. The molecule has 1 aliphatic heterocycles. The number of fused-ring (bicyclic) bond motifs is 1. The van der Waals surface area contributed by atoms with Gasteiger partial charge in [0, 0.05) is 38.1 Å². The van der Waals surface area contributed by atoms with Crippen LogP contribution < -0.4 is 9.80 Å². The Bertz CT molecular complexity index is 782. The molecule has 0 saturated carbocycles. The van der Waals surface area contributed by atoms with Crippen molar-refractivity contribution in [1.29, 1.82) is 0 Å². The first kappa shape index (κ1) is 14.3. The van der Waals surface area contributed by atoms with Gasteiger partial charge in [-0.25, -0.2) is 9.97 Å². The highest BCUT2D eigenvalue weighted by Crippen LogP contribution is 2.22. The SMILES string of the molecule is Clc1cc(N2CCCN(c3nc4ccccc4[nH]3)CC2)ccn1. The van der Waals surface area contributed by atoms with Crippen LogP contribution in [-0.4, -0.2) is 41.1 Å². The van der Waals surface area contributed by atoms with Gasteiger partial charge in [-0.3, -0.25) is 0 Å². The topological polar surface area (TPSA) is 48.0 Å². The second-order valence-corrected chi connectivity index (χ2v) is 6.13. The third-order valence-corrected chi connectivity index (χ3v) is 4.45. The second-order valence-electron chi connectivity index (χ2n) is 5.74. The van der Waals surface area contributed by atoms with Crippen LogP contribution >= 0.6 is 11.6 Å². The number of aromatic nitrogens is 3. The Morgan fingerprint density at radius 2 is 1.83 bits per heavy atom. The maximum atomic E-state index is 6.01. The van der Waals surface area contributed by atoms with E-state index in [4.69, 9.17) is 16.6 Å². The summed E-state index contributed by atoms with van der Waals surface area (Å²) in [5, 5.41) is 0.542. The highest BCUT2D eigenvalue weighted by atomic mass is 35.5.